The van der Waals surface area contributed by atoms with Crippen molar-refractivity contribution in [3.05, 3.63) is 35.4 Å². The third kappa shape index (κ3) is 3.94. The van der Waals surface area contributed by atoms with Crippen LogP contribution in [0.25, 0.3) is 0 Å². The maximum atomic E-state index is 12.7. The largest absolute Gasteiger partial charge is 0.393 e. The predicted molar refractivity (Wildman–Crippen MR) is 66.4 cm³/mol. The van der Waals surface area contributed by atoms with Gasteiger partial charge in [0.2, 0.25) is 0 Å². The fourth-order valence-electron chi connectivity index (χ4n) is 2.47. The first kappa shape index (κ1) is 14.3. The maximum Gasteiger partial charge on any atom is 0.393 e. The molecular formula is C14H18F3NO. The van der Waals surface area contributed by atoms with Crippen molar-refractivity contribution in [3.8, 4) is 0 Å². The summed E-state index contributed by atoms with van der Waals surface area (Å²) in [5.74, 6) is -1.20. The first-order chi connectivity index (χ1) is 8.99. The summed E-state index contributed by atoms with van der Waals surface area (Å²) in [7, 11) is 0. The van der Waals surface area contributed by atoms with Gasteiger partial charge < -0.3 is 5.11 Å². The topological polar surface area (TPSA) is 23.5 Å². The van der Waals surface area contributed by atoms with Crippen molar-refractivity contribution in [2.75, 3.05) is 13.1 Å². The minimum Gasteiger partial charge on any atom is -0.392 e. The summed E-state index contributed by atoms with van der Waals surface area (Å²) in [6.45, 7) is 1.33. The number of benzene rings is 1. The average molecular weight is 273 g/mol. The van der Waals surface area contributed by atoms with Crippen molar-refractivity contribution in [2.45, 2.75) is 32.2 Å². The van der Waals surface area contributed by atoms with Crippen LogP contribution in [0.3, 0.4) is 0 Å². The lowest BCUT2D eigenvalue weighted by Gasteiger charge is -2.33. The number of aliphatic hydroxyl groups is 1. The number of nitrogens with zero attached hydrogens (tertiary/aromatic N) is 1. The van der Waals surface area contributed by atoms with Gasteiger partial charge in [-0.15, -0.1) is 0 Å². The number of hydrogen-bond acceptors (Lipinski definition) is 2. The Morgan fingerprint density at radius 2 is 1.79 bits per heavy atom. The van der Waals surface area contributed by atoms with Crippen LogP contribution in [-0.2, 0) is 13.2 Å². The number of halogens is 3. The van der Waals surface area contributed by atoms with Crippen molar-refractivity contribution >= 4 is 0 Å². The van der Waals surface area contributed by atoms with Crippen molar-refractivity contribution in [1.29, 1.82) is 0 Å². The lowest BCUT2D eigenvalue weighted by Crippen LogP contribution is -2.41. The molecule has 1 atom stereocenters. The molecule has 1 saturated heterocycles. The monoisotopic (exact) mass is 273 g/mol. The Kier molecular flexibility index (Phi) is 4.47. The third-order valence-electron chi connectivity index (χ3n) is 3.58. The van der Waals surface area contributed by atoms with Crippen LogP contribution in [0, 0.1) is 5.92 Å². The predicted octanol–water partition coefficient (Wildman–Crippen LogP) is 2.95. The van der Waals surface area contributed by atoms with Gasteiger partial charge in [0.05, 0.1) is 12.5 Å². The van der Waals surface area contributed by atoms with Crippen LogP contribution < -0.4 is 0 Å². The van der Waals surface area contributed by atoms with E-state index in [1.165, 1.54) is 0 Å². The molecule has 1 fully saturated rings. The lowest BCUT2D eigenvalue weighted by molar-refractivity contribution is -0.187. The Balaban J connectivity index is 1.94. The van der Waals surface area contributed by atoms with Gasteiger partial charge in [-0.2, -0.15) is 13.2 Å². The third-order valence-corrected chi connectivity index (χ3v) is 3.58. The molecule has 1 aliphatic rings. The highest BCUT2D eigenvalue weighted by Crippen LogP contribution is 2.33. The molecule has 0 aliphatic carbocycles. The second-order valence-corrected chi connectivity index (χ2v) is 5.09. The van der Waals surface area contributed by atoms with Gasteiger partial charge in [0.1, 0.15) is 0 Å². The highest BCUT2D eigenvalue weighted by molar-refractivity contribution is 5.21. The molecule has 0 bridgehead atoms. The lowest BCUT2D eigenvalue weighted by atomic mass is 9.97. The molecule has 0 aromatic heterocycles. The summed E-state index contributed by atoms with van der Waals surface area (Å²) >= 11 is 0. The van der Waals surface area contributed by atoms with E-state index in [9.17, 15) is 13.2 Å². The average Bonchev–Trinajstić information content (AvgIpc) is 2.39. The molecule has 2 nitrogen and oxygen atoms in total. The van der Waals surface area contributed by atoms with Crippen molar-refractivity contribution in [2.24, 2.45) is 5.92 Å². The minimum atomic E-state index is -4.08. The van der Waals surface area contributed by atoms with Gasteiger partial charge in [0.25, 0.3) is 0 Å². The molecule has 0 saturated carbocycles. The van der Waals surface area contributed by atoms with Crippen LogP contribution in [0.15, 0.2) is 24.3 Å². The fraction of sp³-hybridized carbons (Fsp3) is 0.571. The summed E-state index contributed by atoms with van der Waals surface area (Å²) in [5, 5.41) is 8.94. The molecule has 1 aromatic carbocycles. The molecular weight excluding hydrogens is 255 g/mol. The van der Waals surface area contributed by atoms with E-state index in [1.54, 1.807) is 12.1 Å². The van der Waals surface area contributed by atoms with Gasteiger partial charge in [-0.1, -0.05) is 24.3 Å². The van der Waals surface area contributed by atoms with Crippen LogP contribution in [0.1, 0.15) is 24.0 Å². The van der Waals surface area contributed by atoms with Gasteiger partial charge in [-0.05, 0) is 30.5 Å². The van der Waals surface area contributed by atoms with E-state index in [2.05, 4.69) is 0 Å². The zero-order chi connectivity index (χ0) is 13.9. The van der Waals surface area contributed by atoms with E-state index in [-0.39, 0.29) is 19.6 Å². The molecule has 1 aromatic rings. The number of piperidine rings is 1. The molecule has 5 heteroatoms. The first-order valence-electron chi connectivity index (χ1n) is 6.47. The normalized spacial score (nSPS) is 21.6. The van der Waals surface area contributed by atoms with E-state index in [1.807, 2.05) is 17.0 Å². The van der Waals surface area contributed by atoms with Crippen LogP contribution in [0.4, 0.5) is 13.2 Å². The number of aliphatic hydroxyl groups excluding tert-OH is 1. The zero-order valence-corrected chi connectivity index (χ0v) is 10.7. The number of alkyl halides is 3. The quantitative estimate of drug-likeness (QED) is 0.915. The smallest absolute Gasteiger partial charge is 0.392 e. The molecule has 0 amide bonds. The Morgan fingerprint density at radius 1 is 1.16 bits per heavy atom. The van der Waals surface area contributed by atoms with Gasteiger partial charge in [-0.25, -0.2) is 0 Å². The number of rotatable bonds is 3. The summed E-state index contributed by atoms with van der Waals surface area (Å²) in [6, 6.07) is 7.34. The molecule has 2 rings (SSSR count). The Morgan fingerprint density at radius 3 is 2.37 bits per heavy atom. The molecule has 1 aliphatic heterocycles. The van der Waals surface area contributed by atoms with E-state index in [0.717, 1.165) is 11.1 Å². The number of likely N-dealkylation sites (tertiary alicyclic amines) is 1. The van der Waals surface area contributed by atoms with Crippen molar-refractivity contribution in [3.63, 3.8) is 0 Å². The van der Waals surface area contributed by atoms with Crippen LogP contribution >= 0.6 is 0 Å². The minimum absolute atomic E-state index is 0.0137. The van der Waals surface area contributed by atoms with E-state index in [4.69, 9.17) is 5.11 Å². The van der Waals surface area contributed by atoms with Crippen LogP contribution in [0.2, 0.25) is 0 Å². The summed E-state index contributed by atoms with van der Waals surface area (Å²) in [6.07, 6.45) is -3.25. The maximum absolute atomic E-state index is 12.7. The highest BCUT2D eigenvalue weighted by atomic mass is 19.4. The van der Waals surface area contributed by atoms with Gasteiger partial charge in [-0.3, -0.25) is 4.90 Å². The SMILES string of the molecule is OCc1ccc(CN2CCCC(C(F)(F)F)C2)cc1. The zero-order valence-electron chi connectivity index (χ0n) is 10.7. The molecule has 1 heterocycles. The molecule has 0 spiro atoms. The Labute approximate surface area is 110 Å². The number of hydrogen-bond donors (Lipinski definition) is 1. The second-order valence-electron chi connectivity index (χ2n) is 5.09. The fourth-order valence-corrected chi connectivity index (χ4v) is 2.47. The van der Waals surface area contributed by atoms with Gasteiger partial charge in [0, 0.05) is 13.1 Å². The molecule has 1 N–H and O–H groups in total. The summed E-state index contributed by atoms with van der Waals surface area (Å²) in [4.78, 5) is 1.86. The highest BCUT2D eigenvalue weighted by Gasteiger charge is 2.41. The summed E-state index contributed by atoms with van der Waals surface area (Å²) in [5.41, 5.74) is 1.80. The van der Waals surface area contributed by atoms with Crippen molar-refractivity contribution in [1.82, 2.24) is 4.90 Å². The van der Waals surface area contributed by atoms with Crippen LogP contribution in [0.5, 0.6) is 0 Å². The molecule has 1 unspecified atom stereocenters. The molecule has 106 valence electrons. The Hall–Kier alpha value is -1.07. The first-order valence-corrected chi connectivity index (χ1v) is 6.47. The summed E-state index contributed by atoms with van der Waals surface area (Å²) < 4.78 is 38.1. The van der Waals surface area contributed by atoms with Gasteiger partial charge >= 0.3 is 6.18 Å². The molecule has 0 radical (unpaired) electrons. The van der Waals surface area contributed by atoms with Crippen LogP contribution in [-0.4, -0.2) is 29.3 Å². The van der Waals surface area contributed by atoms with Crippen molar-refractivity contribution < 1.29 is 18.3 Å². The Bertz CT molecular complexity index is 402. The standard InChI is InChI=1S/C14H18F3NO/c15-14(16,17)13-2-1-7-18(9-13)8-11-3-5-12(10-19)6-4-11/h3-6,13,19H,1-2,7-10H2. The van der Waals surface area contributed by atoms with Gasteiger partial charge in [0.15, 0.2) is 0 Å². The van der Waals surface area contributed by atoms with E-state index >= 15 is 0 Å². The van der Waals surface area contributed by atoms with E-state index in [0.29, 0.717) is 19.5 Å². The molecule has 19 heavy (non-hydrogen) atoms. The second kappa shape index (κ2) is 5.92. The van der Waals surface area contributed by atoms with E-state index < -0.39 is 12.1 Å².